The van der Waals surface area contributed by atoms with Crippen LogP contribution in [-0.4, -0.2) is 17.0 Å². The number of fused-ring (bicyclic) bond motifs is 1. The molecule has 1 saturated carbocycles. The van der Waals surface area contributed by atoms with Gasteiger partial charge in [0.2, 0.25) is 0 Å². The summed E-state index contributed by atoms with van der Waals surface area (Å²) in [4.78, 5) is 2.67. The number of rotatable bonds is 3. The lowest BCUT2D eigenvalue weighted by Gasteiger charge is -2.46. The molecule has 2 nitrogen and oxygen atoms in total. The van der Waals surface area contributed by atoms with Gasteiger partial charge in [-0.05, 0) is 29.9 Å². The molecule has 2 heteroatoms. The van der Waals surface area contributed by atoms with Gasteiger partial charge in [0.15, 0.2) is 0 Å². The predicted molar refractivity (Wildman–Crippen MR) is 79.7 cm³/mol. The molecule has 1 aliphatic carbocycles. The maximum Gasteiger partial charge on any atom is 0.0341 e. The van der Waals surface area contributed by atoms with Crippen LogP contribution in [-0.2, 0) is 13.1 Å². The van der Waals surface area contributed by atoms with E-state index < -0.39 is 0 Å². The van der Waals surface area contributed by atoms with Crippen molar-refractivity contribution < 1.29 is 0 Å². The SMILES string of the molecule is CCC1CCCC(CN)(N2Cc3ccccc3C2)C1. The van der Waals surface area contributed by atoms with Crippen LogP contribution in [0.3, 0.4) is 0 Å². The predicted octanol–water partition coefficient (Wildman–Crippen LogP) is 3.30. The van der Waals surface area contributed by atoms with Crippen molar-refractivity contribution in [3.05, 3.63) is 35.4 Å². The third-order valence-electron chi connectivity index (χ3n) is 5.39. The zero-order chi connectivity index (χ0) is 13.3. The van der Waals surface area contributed by atoms with Crippen molar-refractivity contribution in [1.82, 2.24) is 4.90 Å². The molecule has 104 valence electrons. The van der Waals surface area contributed by atoms with Crippen LogP contribution in [0.2, 0.25) is 0 Å². The van der Waals surface area contributed by atoms with E-state index in [1.807, 2.05) is 0 Å². The van der Waals surface area contributed by atoms with Crippen LogP contribution in [0.15, 0.2) is 24.3 Å². The summed E-state index contributed by atoms with van der Waals surface area (Å²) in [6, 6.07) is 8.87. The van der Waals surface area contributed by atoms with Crippen LogP contribution in [0.4, 0.5) is 0 Å². The fraction of sp³-hybridized carbons (Fsp3) is 0.647. The fourth-order valence-electron chi connectivity index (χ4n) is 4.08. The summed E-state index contributed by atoms with van der Waals surface area (Å²) in [7, 11) is 0. The first-order chi connectivity index (χ1) is 9.27. The highest BCUT2D eigenvalue weighted by Crippen LogP contribution is 2.41. The van der Waals surface area contributed by atoms with Gasteiger partial charge in [-0.2, -0.15) is 0 Å². The van der Waals surface area contributed by atoms with E-state index in [4.69, 9.17) is 5.73 Å². The van der Waals surface area contributed by atoms with Crippen LogP contribution in [0.5, 0.6) is 0 Å². The highest BCUT2D eigenvalue weighted by atomic mass is 15.2. The first-order valence-corrected chi connectivity index (χ1v) is 7.79. The molecule has 1 fully saturated rings. The molecule has 1 aromatic rings. The van der Waals surface area contributed by atoms with Gasteiger partial charge in [-0.25, -0.2) is 0 Å². The number of benzene rings is 1. The van der Waals surface area contributed by atoms with E-state index >= 15 is 0 Å². The van der Waals surface area contributed by atoms with E-state index in [0.29, 0.717) is 0 Å². The minimum absolute atomic E-state index is 0.262. The Labute approximate surface area is 117 Å². The maximum atomic E-state index is 6.23. The van der Waals surface area contributed by atoms with Crippen molar-refractivity contribution in [1.29, 1.82) is 0 Å². The summed E-state index contributed by atoms with van der Waals surface area (Å²) in [5.41, 5.74) is 9.51. The topological polar surface area (TPSA) is 29.3 Å². The molecule has 0 radical (unpaired) electrons. The first-order valence-electron chi connectivity index (χ1n) is 7.79. The van der Waals surface area contributed by atoms with Gasteiger partial charge in [0.25, 0.3) is 0 Å². The monoisotopic (exact) mass is 258 g/mol. The Kier molecular flexibility index (Phi) is 3.64. The molecule has 3 rings (SSSR count). The maximum absolute atomic E-state index is 6.23. The molecule has 0 spiro atoms. The zero-order valence-corrected chi connectivity index (χ0v) is 12.1. The third-order valence-corrected chi connectivity index (χ3v) is 5.39. The van der Waals surface area contributed by atoms with Gasteiger partial charge in [0.1, 0.15) is 0 Å². The second kappa shape index (κ2) is 5.26. The molecule has 0 saturated heterocycles. The molecule has 0 bridgehead atoms. The first kappa shape index (κ1) is 13.1. The number of nitrogens with zero attached hydrogens (tertiary/aromatic N) is 1. The average Bonchev–Trinajstić information content (AvgIpc) is 2.91. The van der Waals surface area contributed by atoms with E-state index in [0.717, 1.165) is 25.6 Å². The van der Waals surface area contributed by atoms with Gasteiger partial charge in [0.05, 0.1) is 0 Å². The van der Waals surface area contributed by atoms with Gasteiger partial charge in [-0.15, -0.1) is 0 Å². The standard InChI is InChI=1S/C17H26N2/c1-2-14-6-5-9-17(10-14,13-18)19-11-15-7-3-4-8-16(15)12-19/h3-4,7-8,14H,2,5-6,9-13,18H2,1H3. The number of hydrogen-bond acceptors (Lipinski definition) is 2. The summed E-state index contributed by atoms with van der Waals surface area (Å²) in [6.07, 6.45) is 6.64. The molecule has 2 atom stereocenters. The quantitative estimate of drug-likeness (QED) is 0.901. The third kappa shape index (κ3) is 2.32. The smallest absolute Gasteiger partial charge is 0.0341 e. The van der Waals surface area contributed by atoms with Gasteiger partial charge < -0.3 is 5.73 Å². The van der Waals surface area contributed by atoms with Gasteiger partial charge in [0, 0.05) is 25.2 Å². The highest BCUT2D eigenvalue weighted by molar-refractivity contribution is 5.31. The highest BCUT2D eigenvalue weighted by Gasteiger charge is 2.41. The van der Waals surface area contributed by atoms with Crippen molar-refractivity contribution in [3.8, 4) is 0 Å². The van der Waals surface area contributed by atoms with Gasteiger partial charge in [-0.1, -0.05) is 50.5 Å². The molecule has 2 N–H and O–H groups in total. The van der Waals surface area contributed by atoms with Crippen LogP contribution in [0.25, 0.3) is 0 Å². The van der Waals surface area contributed by atoms with Crippen molar-refractivity contribution >= 4 is 0 Å². The van der Waals surface area contributed by atoms with Crippen LogP contribution in [0, 0.1) is 5.92 Å². The Morgan fingerprint density at radius 2 is 1.95 bits per heavy atom. The van der Waals surface area contributed by atoms with Crippen molar-refractivity contribution in [2.75, 3.05) is 6.54 Å². The molecule has 0 aromatic heterocycles. The van der Waals surface area contributed by atoms with Gasteiger partial charge in [-0.3, -0.25) is 4.90 Å². The molecular weight excluding hydrogens is 232 g/mol. The zero-order valence-electron chi connectivity index (χ0n) is 12.1. The van der Waals surface area contributed by atoms with Gasteiger partial charge >= 0.3 is 0 Å². The van der Waals surface area contributed by atoms with Crippen molar-refractivity contribution in [2.45, 2.75) is 57.7 Å². The molecule has 2 aliphatic rings. The lowest BCUT2D eigenvalue weighted by Crippen LogP contribution is -2.54. The van der Waals surface area contributed by atoms with Crippen molar-refractivity contribution in [2.24, 2.45) is 11.7 Å². The average molecular weight is 258 g/mol. The Balaban J connectivity index is 1.80. The molecule has 0 amide bonds. The lowest BCUT2D eigenvalue weighted by molar-refractivity contribution is 0.0315. The van der Waals surface area contributed by atoms with Crippen LogP contribution < -0.4 is 5.73 Å². The molecule has 1 aliphatic heterocycles. The van der Waals surface area contributed by atoms with Crippen LogP contribution >= 0.6 is 0 Å². The van der Waals surface area contributed by atoms with Crippen molar-refractivity contribution in [3.63, 3.8) is 0 Å². The summed E-state index contributed by atoms with van der Waals surface area (Å²) < 4.78 is 0. The molecule has 1 aromatic carbocycles. The fourth-order valence-corrected chi connectivity index (χ4v) is 4.08. The second-order valence-electron chi connectivity index (χ2n) is 6.42. The molecular formula is C17H26N2. The van der Waals surface area contributed by atoms with E-state index in [1.165, 1.54) is 43.2 Å². The Morgan fingerprint density at radius 1 is 1.26 bits per heavy atom. The Hall–Kier alpha value is -0.860. The summed E-state index contributed by atoms with van der Waals surface area (Å²) in [5.74, 6) is 0.876. The Bertz CT molecular complexity index is 418. The summed E-state index contributed by atoms with van der Waals surface area (Å²) >= 11 is 0. The van der Waals surface area contributed by atoms with E-state index in [1.54, 1.807) is 0 Å². The minimum Gasteiger partial charge on any atom is -0.329 e. The number of hydrogen-bond donors (Lipinski definition) is 1. The van der Waals surface area contributed by atoms with E-state index in [-0.39, 0.29) is 5.54 Å². The molecule has 2 unspecified atom stereocenters. The minimum atomic E-state index is 0.262. The summed E-state index contributed by atoms with van der Waals surface area (Å²) in [6.45, 7) is 5.35. The number of nitrogens with two attached hydrogens (primary N) is 1. The van der Waals surface area contributed by atoms with E-state index in [2.05, 4.69) is 36.1 Å². The van der Waals surface area contributed by atoms with E-state index in [9.17, 15) is 0 Å². The molecule has 1 heterocycles. The van der Waals surface area contributed by atoms with Crippen LogP contribution in [0.1, 0.15) is 50.2 Å². The molecule has 19 heavy (non-hydrogen) atoms. The second-order valence-corrected chi connectivity index (χ2v) is 6.42. The summed E-state index contributed by atoms with van der Waals surface area (Å²) in [5, 5.41) is 0. The lowest BCUT2D eigenvalue weighted by atomic mass is 9.73. The Morgan fingerprint density at radius 3 is 2.53 bits per heavy atom. The normalized spacial score (nSPS) is 31.4. The largest absolute Gasteiger partial charge is 0.329 e.